The van der Waals surface area contributed by atoms with Crippen LogP contribution in [0.2, 0.25) is 5.02 Å². The van der Waals surface area contributed by atoms with E-state index in [0.717, 1.165) is 0 Å². The molecule has 0 saturated heterocycles. The Hall–Kier alpha value is -3.43. The third kappa shape index (κ3) is 5.24. The first-order chi connectivity index (χ1) is 15.5. The molecule has 162 valence electrons. The molecule has 0 amide bonds. The number of benzene rings is 1. The summed E-state index contributed by atoms with van der Waals surface area (Å²) in [5.74, 6) is -0.234. The van der Waals surface area contributed by atoms with E-state index in [-0.39, 0.29) is 12.4 Å². The van der Waals surface area contributed by atoms with Crippen molar-refractivity contribution < 1.29 is 23.1 Å². The molecule has 1 aromatic carbocycles. The minimum Gasteiger partial charge on any atom is -0.471 e. The molecule has 0 N–H and O–H groups in total. The van der Waals surface area contributed by atoms with Gasteiger partial charge in [-0.1, -0.05) is 11.6 Å². The molecule has 32 heavy (non-hydrogen) atoms. The first-order valence-corrected chi connectivity index (χ1v) is 10.4. The lowest BCUT2D eigenvalue weighted by Crippen LogP contribution is -2.03. The summed E-state index contributed by atoms with van der Waals surface area (Å²) in [5, 5.41) is 1.63. The van der Waals surface area contributed by atoms with E-state index >= 15 is 0 Å². The van der Waals surface area contributed by atoms with Crippen molar-refractivity contribution in [2.24, 2.45) is 0 Å². The highest BCUT2D eigenvalue weighted by atomic mass is 35.5. The van der Waals surface area contributed by atoms with Gasteiger partial charge < -0.3 is 13.9 Å². The van der Waals surface area contributed by atoms with Gasteiger partial charge in [0.15, 0.2) is 5.09 Å². The average Bonchev–Trinajstić information content (AvgIpc) is 3.22. The Bertz CT molecular complexity index is 1220. The van der Waals surface area contributed by atoms with Crippen LogP contribution < -0.4 is 4.74 Å². The largest absolute Gasteiger partial charge is 0.471 e. The van der Waals surface area contributed by atoms with E-state index in [1.165, 1.54) is 43.4 Å². The van der Waals surface area contributed by atoms with Crippen LogP contribution in [0, 0.1) is 5.82 Å². The molecule has 3 aromatic heterocycles. The lowest BCUT2D eigenvalue weighted by molar-refractivity contribution is 0.0600. The molecule has 0 spiro atoms. The van der Waals surface area contributed by atoms with E-state index in [2.05, 4.69) is 19.7 Å². The van der Waals surface area contributed by atoms with Crippen molar-refractivity contribution in [3.8, 4) is 17.3 Å². The van der Waals surface area contributed by atoms with Crippen molar-refractivity contribution in [2.45, 2.75) is 16.7 Å². The van der Waals surface area contributed by atoms with Crippen molar-refractivity contribution in [3.63, 3.8) is 0 Å². The van der Waals surface area contributed by atoms with Crippen LogP contribution >= 0.6 is 23.4 Å². The fourth-order valence-electron chi connectivity index (χ4n) is 2.59. The highest BCUT2D eigenvalue weighted by molar-refractivity contribution is 7.99. The van der Waals surface area contributed by atoms with Crippen LogP contribution in [0.4, 0.5) is 4.39 Å². The van der Waals surface area contributed by atoms with Gasteiger partial charge in [0.25, 0.3) is 0 Å². The maximum atomic E-state index is 13.3. The van der Waals surface area contributed by atoms with Crippen LogP contribution in [-0.4, -0.2) is 28.0 Å². The molecule has 4 rings (SSSR count). The van der Waals surface area contributed by atoms with Crippen molar-refractivity contribution in [1.82, 2.24) is 15.0 Å². The van der Waals surface area contributed by atoms with Crippen LogP contribution in [0.15, 0.2) is 75.5 Å². The number of pyridine rings is 2. The number of aromatic nitrogens is 3. The third-order valence-corrected chi connectivity index (χ3v) is 5.34. The Morgan fingerprint density at radius 2 is 1.91 bits per heavy atom. The highest BCUT2D eigenvalue weighted by Crippen LogP contribution is 2.34. The molecular formula is C22H15ClFN3O4S. The van der Waals surface area contributed by atoms with E-state index in [0.29, 0.717) is 43.7 Å². The summed E-state index contributed by atoms with van der Waals surface area (Å²) in [5.41, 5.74) is 1.43. The van der Waals surface area contributed by atoms with Gasteiger partial charge in [-0.3, -0.25) is 0 Å². The maximum absolute atomic E-state index is 13.3. The van der Waals surface area contributed by atoms with Gasteiger partial charge in [0.1, 0.15) is 23.1 Å². The van der Waals surface area contributed by atoms with E-state index in [9.17, 15) is 9.18 Å². The fourth-order valence-corrected chi connectivity index (χ4v) is 3.48. The number of carbonyl (C=O) groups excluding carboxylic acids is 1. The van der Waals surface area contributed by atoms with Crippen LogP contribution in [0.3, 0.4) is 0 Å². The van der Waals surface area contributed by atoms with Crippen LogP contribution in [-0.2, 0) is 11.3 Å². The topological polar surface area (TPSA) is 87.3 Å². The molecule has 0 aliphatic rings. The Labute approximate surface area is 191 Å². The normalized spacial score (nSPS) is 10.7. The standard InChI is InChI=1S/C22H15ClFN3O4S/c1-29-21(28)14-4-8-18(25-10-14)30-12-17-22(32-19-9-5-15(23)11-26-19)31-20(27-17)13-2-6-16(24)7-3-13/h2-11H,12H2,1H3. The number of hydrogen-bond donors (Lipinski definition) is 0. The second kappa shape index (κ2) is 9.80. The number of esters is 1. The predicted octanol–water partition coefficient (Wildman–Crippen LogP) is 5.44. The number of methoxy groups -OCH3 is 1. The maximum Gasteiger partial charge on any atom is 0.339 e. The van der Waals surface area contributed by atoms with Gasteiger partial charge in [-0.25, -0.2) is 24.1 Å². The Morgan fingerprint density at radius 1 is 1.09 bits per heavy atom. The van der Waals surface area contributed by atoms with Gasteiger partial charge in [0.2, 0.25) is 11.8 Å². The second-order valence-electron chi connectivity index (χ2n) is 6.34. The van der Waals surface area contributed by atoms with Gasteiger partial charge in [-0.2, -0.15) is 0 Å². The number of ether oxygens (including phenoxy) is 2. The van der Waals surface area contributed by atoms with Crippen molar-refractivity contribution in [3.05, 3.63) is 83.0 Å². The Balaban J connectivity index is 1.57. The number of nitrogens with zero attached hydrogens (tertiary/aromatic N) is 3. The first-order valence-electron chi connectivity index (χ1n) is 9.24. The van der Waals surface area contributed by atoms with E-state index < -0.39 is 5.97 Å². The molecular weight excluding hydrogens is 457 g/mol. The van der Waals surface area contributed by atoms with Crippen LogP contribution in [0.25, 0.3) is 11.5 Å². The summed E-state index contributed by atoms with van der Waals surface area (Å²) in [6, 6.07) is 12.4. The van der Waals surface area contributed by atoms with E-state index in [4.69, 9.17) is 20.8 Å². The summed E-state index contributed by atoms with van der Waals surface area (Å²) in [6.45, 7) is 0.0468. The number of oxazole rings is 1. The molecule has 4 aromatic rings. The van der Waals surface area contributed by atoms with E-state index in [1.54, 1.807) is 36.4 Å². The van der Waals surface area contributed by atoms with Gasteiger partial charge in [-0.05, 0) is 54.2 Å². The molecule has 0 atom stereocenters. The van der Waals surface area contributed by atoms with Crippen molar-refractivity contribution >= 4 is 29.3 Å². The average molecular weight is 472 g/mol. The van der Waals surface area contributed by atoms with Gasteiger partial charge >= 0.3 is 5.97 Å². The number of carbonyl (C=O) groups is 1. The predicted molar refractivity (Wildman–Crippen MR) is 115 cm³/mol. The van der Waals surface area contributed by atoms with Crippen molar-refractivity contribution in [2.75, 3.05) is 7.11 Å². The van der Waals surface area contributed by atoms with Crippen molar-refractivity contribution in [1.29, 1.82) is 0 Å². The number of rotatable bonds is 7. The highest BCUT2D eigenvalue weighted by Gasteiger charge is 2.18. The first kappa shape index (κ1) is 21.8. The zero-order valence-electron chi connectivity index (χ0n) is 16.6. The zero-order valence-corrected chi connectivity index (χ0v) is 18.2. The molecule has 7 nitrogen and oxygen atoms in total. The lowest BCUT2D eigenvalue weighted by Gasteiger charge is -2.05. The minimum absolute atomic E-state index is 0.0468. The summed E-state index contributed by atoms with van der Waals surface area (Å²) in [6.07, 6.45) is 2.89. The molecule has 10 heteroatoms. The molecule has 0 fully saturated rings. The minimum atomic E-state index is -0.487. The summed E-state index contributed by atoms with van der Waals surface area (Å²) >= 11 is 7.16. The molecule has 0 aliphatic heterocycles. The second-order valence-corrected chi connectivity index (χ2v) is 7.77. The Morgan fingerprint density at radius 3 is 2.56 bits per heavy atom. The quantitative estimate of drug-likeness (QED) is 0.329. The SMILES string of the molecule is COC(=O)c1ccc(OCc2nc(-c3ccc(F)cc3)oc2Sc2ccc(Cl)cn2)nc1. The molecule has 0 saturated carbocycles. The van der Waals surface area contributed by atoms with Gasteiger partial charge in [0, 0.05) is 24.0 Å². The van der Waals surface area contributed by atoms with Gasteiger partial charge in [0.05, 0.1) is 17.7 Å². The molecule has 0 unspecified atom stereocenters. The zero-order chi connectivity index (χ0) is 22.5. The number of halogens is 2. The summed E-state index contributed by atoms with van der Waals surface area (Å²) < 4.78 is 29.6. The molecule has 3 heterocycles. The summed E-state index contributed by atoms with van der Waals surface area (Å²) in [4.78, 5) is 24.4. The molecule has 0 bridgehead atoms. The summed E-state index contributed by atoms with van der Waals surface area (Å²) in [7, 11) is 1.30. The fraction of sp³-hybridized carbons (Fsp3) is 0.0909. The smallest absolute Gasteiger partial charge is 0.339 e. The molecule has 0 aliphatic carbocycles. The monoisotopic (exact) mass is 471 g/mol. The Kier molecular flexibility index (Phi) is 6.67. The van der Waals surface area contributed by atoms with Gasteiger partial charge in [-0.15, -0.1) is 0 Å². The number of hydrogen-bond acceptors (Lipinski definition) is 8. The van der Waals surface area contributed by atoms with Crippen LogP contribution in [0.5, 0.6) is 5.88 Å². The van der Waals surface area contributed by atoms with E-state index in [1.807, 2.05) is 0 Å². The third-order valence-electron chi connectivity index (χ3n) is 4.16. The lowest BCUT2D eigenvalue weighted by atomic mass is 10.2. The van der Waals surface area contributed by atoms with Crippen LogP contribution in [0.1, 0.15) is 16.1 Å². The molecule has 0 radical (unpaired) electrons.